The van der Waals surface area contributed by atoms with Gasteiger partial charge >= 0.3 is 5.63 Å². The molecule has 1 aliphatic rings. The van der Waals surface area contributed by atoms with Crippen LogP contribution in [0.5, 0.6) is 5.75 Å². The maximum atomic E-state index is 12.6. The predicted molar refractivity (Wildman–Crippen MR) is 108 cm³/mol. The van der Waals surface area contributed by atoms with Crippen molar-refractivity contribution in [2.75, 3.05) is 13.1 Å². The largest absolute Gasteiger partial charge is 0.481 e. The van der Waals surface area contributed by atoms with Crippen LogP contribution in [0.25, 0.3) is 22.1 Å². The fraction of sp³-hybridized carbons (Fsp3) is 0.304. The first-order valence-electron chi connectivity index (χ1n) is 9.70. The molecular weight excluding hydrogens is 354 g/mol. The van der Waals surface area contributed by atoms with Crippen LogP contribution in [0, 0.1) is 0 Å². The quantitative estimate of drug-likeness (QED) is 0.638. The molecule has 28 heavy (non-hydrogen) atoms. The molecule has 1 aromatic heterocycles. The van der Waals surface area contributed by atoms with Crippen LogP contribution in [0.1, 0.15) is 26.2 Å². The minimum absolute atomic E-state index is 0.000661. The number of fused-ring (bicyclic) bond motifs is 1. The summed E-state index contributed by atoms with van der Waals surface area (Å²) in [5.74, 6) is 0.512. The molecule has 144 valence electrons. The molecular formula is C23H23NO4. The van der Waals surface area contributed by atoms with E-state index in [2.05, 4.69) is 0 Å². The Balaban J connectivity index is 1.61. The van der Waals surface area contributed by atoms with E-state index in [-0.39, 0.29) is 5.91 Å². The van der Waals surface area contributed by atoms with Crippen molar-refractivity contribution in [1.29, 1.82) is 0 Å². The van der Waals surface area contributed by atoms with Gasteiger partial charge < -0.3 is 14.1 Å². The SMILES string of the molecule is CC(Oc1ccc2c(-c3ccccc3)cc(=O)oc2c1)C(=O)N1CCCCC1. The number of rotatable bonds is 4. The second-order valence-corrected chi connectivity index (χ2v) is 7.15. The molecule has 1 saturated heterocycles. The van der Waals surface area contributed by atoms with Crippen molar-refractivity contribution in [3.05, 3.63) is 65.0 Å². The minimum atomic E-state index is -0.584. The zero-order valence-corrected chi connectivity index (χ0v) is 15.9. The molecule has 0 bridgehead atoms. The minimum Gasteiger partial charge on any atom is -0.481 e. The highest BCUT2D eigenvalue weighted by molar-refractivity contribution is 5.93. The number of amides is 1. The fourth-order valence-corrected chi connectivity index (χ4v) is 3.70. The van der Waals surface area contributed by atoms with Gasteiger partial charge in [-0.05, 0) is 49.4 Å². The molecule has 3 aromatic rings. The van der Waals surface area contributed by atoms with Crippen molar-refractivity contribution in [3.63, 3.8) is 0 Å². The Kier molecular flexibility index (Phi) is 5.15. The number of carbonyl (C=O) groups excluding carboxylic acids is 1. The van der Waals surface area contributed by atoms with Crippen molar-refractivity contribution >= 4 is 16.9 Å². The number of likely N-dealkylation sites (tertiary alicyclic amines) is 1. The van der Waals surface area contributed by atoms with Gasteiger partial charge in [-0.2, -0.15) is 0 Å². The topological polar surface area (TPSA) is 59.8 Å². The lowest BCUT2D eigenvalue weighted by Crippen LogP contribution is -2.43. The van der Waals surface area contributed by atoms with Crippen LogP contribution in [-0.2, 0) is 4.79 Å². The Morgan fingerprint density at radius 3 is 2.54 bits per heavy atom. The van der Waals surface area contributed by atoms with Crippen molar-refractivity contribution in [2.45, 2.75) is 32.3 Å². The molecule has 0 N–H and O–H groups in total. The van der Waals surface area contributed by atoms with Gasteiger partial charge in [0, 0.05) is 30.6 Å². The number of ether oxygens (including phenoxy) is 1. The molecule has 5 nitrogen and oxygen atoms in total. The summed E-state index contributed by atoms with van der Waals surface area (Å²) in [6, 6.07) is 16.6. The summed E-state index contributed by atoms with van der Waals surface area (Å²) in [6.07, 6.45) is 2.68. The van der Waals surface area contributed by atoms with Crippen LogP contribution >= 0.6 is 0 Å². The molecule has 2 heterocycles. The number of carbonyl (C=O) groups is 1. The van der Waals surface area contributed by atoms with Crippen LogP contribution in [0.15, 0.2) is 63.8 Å². The maximum absolute atomic E-state index is 12.6. The van der Waals surface area contributed by atoms with Crippen LogP contribution in [0.4, 0.5) is 0 Å². The molecule has 2 aromatic carbocycles. The van der Waals surface area contributed by atoms with Crippen molar-refractivity contribution in [1.82, 2.24) is 4.90 Å². The van der Waals surface area contributed by atoms with E-state index in [0.717, 1.165) is 42.4 Å². The summed E-state index contributed by atoms with van der Waals surface area (Å²) < 4.78 is 11.3. The lowest BCUT2D eigenvalue weighted by Gasteiger charge is -2.29. The highest BCUT2D eigenvalue weighted by Crippen LogP contribution is 2.30. The molecule has 1 aliphatic heterocycles. The smallest absolute Gasteiger partial charge is 0.336 e. The molecule has 1 amide bonds. The molecule has 1 fully saturated rings. The fourth-order valence-electron chi connectivity index (χ4n) is 3.70. The maximum Gasteiger partial charge on any atom is 0.336 e. The first-order valence-corrected chi connectivity index (χ1v) is 9.70. The zero-order valence-electron chi connectivity index (χ0n) is 15.9. The van der Waals surface area contributed by atoms with Crippen LogP contribution in [-0.4, -0.2) is 30.0 Å². The number of hydrogen-bond donors (Lipinski definition) is 0. The molecule has 0 saturated carbocycles. The Hall–Kier alpha value is -3.08. The monoisotopic (exact) mass is 377 g/mol. The predicted octanol–water partition coefficient (Wildman–Crippen LogP) is 4.24. The summed E-state index contributed by atoms with van der Waals surface area (Å²) in [5.41, 5.74) is 1.79. The van der Waals surface area contributed by atoms with E-state index in [1.165, 1.54) is 12.5 Å². The normalized spacial score (nSPS) is 15.4. The van der Waals surface area contributed by atoms with E-state index >= 15 is 0 Å². The van der Waals surface area contributed by atoms with Crippen molar-refractivity contribution < 1.29 is 13.9 Å². The van der Waals surface area contributed by atoms with Crippen LogP contribution < -0.4 is 10.4 Å². The number of benzene rings is 2. The van der Waals surface area contributed by atoms with Crippen LogP contribution in [0.3, 0.4) is 0 Å². The van der Waals surface area contributed by atoms with Gasteiger partial charge in [0.25, 0.3) is 5.91 Å². The van der Waals surface area contributed by atoms with Gasteiger partial charge in [0.2, 0.25) is 0 Å². The molecule has 1 atom stereocenters. The first-order chi connectivity index (χ1) is 13.6. The summed E-state index contributed by atoms with van der Waals surface area (Å²) in [6.45, 7) is 3.34. The third-order valence-corrected chi connectivity index (χ3v) is 5.13. The molecule has 0 spiro atoms. The highest BCUT2D eigenvalue weighted by atomic mass is 16.5. The van der Waals surface area contributed by atoms with E-state index in [1.807, 2.05) is 47.4 Å². The Labute approximate surface area is 163 Å². The average Bonchev–Trinajstić information content (AvgIpc) is 2.73. The number of nitrogens with zero attached hydrogens (tertiary/aromatic N) is 1. The third kappa shape index (κ3) is 3.79. The van der Waals surface area contributed by atoms with Gasteiger partial charge in [-0.15, -0.1) is 0 Å². The third-order valence-electron chi connectivity index (χ3n) is 5.13. The van der Waals surface area contributed by atoms with Gasteiger partial charge in [-0.1, -0.05) is 30.3 Å². The standard InChI is InChI=1S/C23H23NO4/c1-16(23(26)24-12-6-3-7-13-24)27-18-10-11-19-20(17-8-4-2-5-9-17)15-22(25)28-21(19)14-18/h2,4-5,8-11,14-16H,3,6-7,12-13H2,1H3. The van der Waals surface area contributed by atoms with E-state index in [1.54, 1.807) is 13.0 Å². The zero-order chi connectivity index (χ0) is 19.5. The lowest BCUT2D eigenvalue weighted by molar-refractivity contribution is -0.138. The molecule has 0 aliphatic carbocycles. The van der Waals surface area contributed by atoms with E-state index in [0.29, 0.717) is 11.3 Å². The Morgan fingerprint density at radius 2 is 1.79 bits per heavy atom. The number of hydrogen-bond acceptors (Lipinski definition) is 4. The average molecular weight is 377 g/mol. The summed E-state index contributed by atoms with van der Waals surface area (Å²) >= 11 is 0. The molecule has 1 unspecified atom stereocenters. The van der Waals surface area contributed by atoms with Gasteiger partial charge in [-0.3, -0.25) is 4.79 Å². The van der Waals surface area contributed by atoms with Gasteiger partial charge in [0.05, 0.1) is 0 Å². The van der Waals surface area contributed by atoms with E-state index in [4.69, 9.17) is 9.15 Å². The Morgan fingerprint density at radius 1 is 1.04 bits per heavy atom. The van der Waals surface area contributed by atoms with E-state index < -0.39 is 11.7 Å². The second-order valence-electron chi connectivity index (χ2n) is 7.15. The Bertz CT molecular complexity index is 1040. The van der Waals surface area contributed by atoms with E-state index in [9.17, 15) is 9.59 Å². The second kappa shape index (κ2) is 7.89. The van der Waals surface area contributed by atoms with Crippen molar-refractivity contribution in [2.24, 2.45) is 0 Å². The van der Waals surface area contributed by atoms with Gasteiger partial charge in [-0.25, -0.2) is 4.79 Å². The lowest BCUT2D eigenvalue weighted by atomic mass is 10.0. The van der Waals surface area contributed by atoms with Crippen molar-refractivity contribution in [3.8, 4) is 16.9 Å². The summed E-state index contributed by atoms with van der Waals surface area (Å²) in [7, 11) is 0. The first kappa shape index (κ1) is 18.3. The highest BCUT2D eigenvalue weighted by Gasteiger charge is 2.23. The molecule has 4 rings (SSSR count). The molecule has 5 heteroatoms. The summed E-state index contributed by atoms with van der Waals surface area (Å²) in [4.78, 5) is 26.5. The van der Waals surface area contributed by atoms with Crippen LogP contribution in [0.2, 0.25) is 0 Å². The summed E-state index contributed by atoms with van der Waals surface area (Å²) in [5, 5.41) is 0.827. The number of piperidine rings is 1. The molecule has 0 radical (unpaired) electrons. The van der Waals surface area contributed by atoms with Gasteiger partial charge in [0.15, 0.2) is 6.10 Å². The van der Waals surface area contributed by atoms with Gasteiger partial charge in [0.1, 0.15) is 11.3 Å².